The lowest BCUT2D eigenvalue weighted by Crippen LogP contribution is -2.47. The highest BCUT2D eigenvalue weighted by molar-refractivity contribution is 6.31. The summed E-state index contributed by atoms with van der Waals surface area (Å²) >= 11 is 5.75. The molecule has 0 aliphatic heterocycles. The second kappa shape index (κ2) is 7.71. The Morgan fingerprint density at radius 1 is 1.17 bits per heavy atom. The summed E-state index contributed by atoms with van der Waals surface area (Å²) in [5, 5.41) is 11.4. The molecular formula is C16H14ClFN2O3. The largest absolute Gasteiger partial charge is 0.340 e. The molecule has 0 aliphatic rings. The van der Waals surface area contributed by atoms with E-state index in [0.29, 0.717) is 0 Å². The van der Waals surface area contributed by atoms with Crippen molar-refractivity contribution >= 4 is 23.4 Å². The Morgan fingerprint density at radius 2 is 1.87 bits per heavy atom. The monoisotopic (exact) mass is 336 g/mol. The quantitative estimate of drug-likeness (QED) is 0.579. The number of halogens is 2. The van der Waals surface area contributed by atoms with Crippen molar-refractivity contribution in [1.82, 2.24) is 10.8 Å². The SMILES string of the molecule is O=C(N[C@@H](Cc1ccccc1)C(=O)NO)c1cc(Cl)ccc1F. The summed E-state index contributed by atoms with van der Waals surface area (Å²) < 4.78 is 13.7. The van der Waals surface area contributed by atoms with Crippen LogP contribution in [0.1, 0.15) is 15.9 Å². The molecule has 3 N–H and O–H groups in total. The summed E-state index contributed by atoms with van der Waals surface area (Å²) in [6.07, 6.45) is 0.140. The summed E-state index contributed by atoms with van der Waals surface area (Å²) in [5.74, 6) is -2.35. The molecule has 0 bridgehead atoms. The van der Waals surface area contributed by atoms with Crippen molar-refractivity contribution in [3.05, 3.63) is 70.5 Å². The Hall–Kier alpha value is -2.44. The molecule has 0 radical (unpaired) electrons. The van der Waals surface area contributed by atoms with Crippen LogP contribution in [0.4, 0.5) is 4.39 Å². The van der Waals surface area contributed by atoms with E-state index in [4.69, 9.17) is 16.8 Å². The lowest BCUT2D eigenvalue weighted by Gasteiger charge is -2.17. The molecule has 1 atom stereocenters. The minimum Gasteiger partial charge on any atom is -0.340 e. The maximum atomic E-state index is 13.7. The zero-order valence-electron chi connectivity index (χ0n) is 11.9. The number of hydrogen-bond donors (Lipinski definition) is 3. The molecule has 0 aliphatic carbocycles. The Balaban J connectivity index is 2.18. The molecule has 0 spiro atoms. The molecular weight excluding hydrogens is 323 g/mol. The molecule has 0 fully saturated rings. The molecule has 2 aromatic carbocycles. The van der Waals surface area contributed by atoms with Gasteiger partial charge in [0.05, 0.1) is 5.56 Å². The van der Waals surface area contributed by atoms with Crippen LogP contribution in [0.2, 0.25) is 5.02 Å². The number of hydroxylamine groups is 1. The molecule has 0 saturated carbocycles. The van der Waals surface area contributed by atoms with Crippen LogP contribution < -0.4 is 10.8 Å². The Labute approximate surface area is 137 Å². The summed E-state index contributed by atoms with van der Waals surface area (Å²) in [7, 11) is 0. The van der Waals surface area contributed by atoms with Gasteiger partial charge in [0, 0.05) is 11.4 Å². The number of hydrogen-bond acceptors (Lipinski definition) is 3. The first-order valence-electron chi connectivity index (χ1n) is 6.75. The molecule has 23 heavy (non-hydrogen) atoms. The second-order valence-corrected chi connectivity index (χ2v) is 5.25. The van der Waals surface area contributed by atoms with Gasteiger partial charge in [0.15, 0.2) is 0 Å². The predicted molar refractivity (Wildman–Crippen MR) is 82.7 cm³/mol. The van der Waals surface area contributed by atoms with Crippen LogP contribution in [0.3, 0.4) is 0 Å². The lowest BCUT2D eigenvalue weighted by molar-refractivity contribution is -0.131. The van der Waals surface area contributed by atoms with E-state index in [9.17, 15) is 14.0 Å². The fourth-order valence-electron chi connectivity index (χ4n) is 2.04. The van der Waals surface area contributed by atoms with Crippen molar-refractivity contribution in [3.63, 3.8) is 0 Å². The zero-order chi connectivity index (χ0) is 16.8. The third kappa shape index (κ3) is 4.51. The number of nitrogens with one attached hydrogen (secondary N) is 2. The number of amides is 2. The van der Waals surface area contributed by atoms with Crippen molar-refractivity contribution in [2.75, 3.05) is 0 Å². The van der Waals surface area contributed by atoms with Gasteiger partial charge in [-0.15, -0.1) is 0 Å². The minimum atomic E-state index is -1.06. The number of rotatable bonds is 5. The number of carbonyl (C=O) groups excluding carboxylic acids is 2. The molecule has 2 rings (SSSR count). The van der Waals surface area contributed by atoms with Gasteiger partial charge in [-0.3, -0.25) is 14.8 Å². The van der Waals surface area contributed by atoms with E-state index in [1.165, 1.54) is 17.6 Å². The first-order chi connectivity index (χ1) is 11.0. The van der Waals surface area contributed by atoms with Crippen molar-refractivity contribution < 1.29 is 19.2 Å². The summed E-state index contributed by atoms with van der Waals surface area (Å²) in [6, 6.07) is 11.4. The van der Waals surface area contributed by atoms with Gasteiger partial charge in [0.25, 0.3) is 11.8 Å². The van der Waals surface area contributed by atoms with E-state index >= 15 is 0 Å². The molecule has 7 heteroatoms. The molecule has 0 saturated heterocycles. The normalized spacial score (nSPS) is 11.6. The fourth-order valence-corrected chi connectivity index (χ4v) is 2.22. The second-order valence-electron chi connectivity index (χ2n) is 4.82. The Bertz CT molecular complexity index is 710. The third-order valence-electron chi connectivity index (χ3n) is 3.19. The highest BCUT2D eigenvalue weighted by Crippen LogP contribution is 2.15. The van der Waals surface area contributed by atoms with Crippen LogP contribution in [-0.4, -0.2) is 23.1 Å². The molecule has 120 valence electrons. The first-order valence-corrected chi connectivity index (χ1v) is 7.13. The highest BCUT2D eigenvalue weighted by Gasteiger charge is 2.23. The van der Waals surface area contributed by atoms with Gasteiger partial charge in [-0.05, 0) is 23.8 Å². The van der Waals surface area contributed by atoms with E-state index < -0.39 is 23.7 Å². The van der Waals surface area contributed by atoms with Crippen molar-refractivity contribution in [1.29, 1.82) is 0 Å². The van der Waals surface area contributed by atoms with Crippen LogP contribution in [-0.2, 0) is 11.2 Å². The van der Waals surface area contributed by atoms with E-state index in [1.807, 2.05) is 6.07 Å². The van der Waals surface area contributed by atoms with E-state index in [-0.39, 0.29) is 17.0 Å². The molecule has 5 nitrogen and oxygen atoms in total. The smallest absolute Gasteiger partial charge is 0.266 e. The average Bonchev–Trinajstić information content (AvgIpc) is 2.56. The van der Waals surface area contributed by atoms with E-state index in [2.05, 4.69) is 5.32 Å². The number of carbonyl (C=O) groups is 2. The first kappa shape index (κ1) is 16.9. The predicted octanol–water partition coefficient (Wildman–Crippen LogP) is 2.33. The summed E-state index contributed by atoms with van der Waals surface area (Å²) in [4.78, 5) is 23.9. The average molecular weight is 337 g/mol. The Morgan fingerprint density at radius 3 is 2.52 bits per heavy atom. The lowest BCUT2D eigenvalue weighted by atomic mass is 10.0. The summed E-state index contributed by atoms with van der Waals surface area (Å²) in [6.45, 7) is 0. The van der Waals surface area contributed by atoms with E-state index in [1.54, 1.807) is 24.3 Å². The van der Waals surface area contributed by atoms with Gasteiger partial charge in [-0.1, -0.05) is 41.9 Å². The molecule has 0 aromatic heterocycles. The van der Waals surface area contributed by atoms with Crippen LogP contribution in [0.5, 0.6) is 0 Å². The minimum absolute atomic E-state index is 0.140. The number of benzene rings is 2. The summed E-state index contributed by atoms with van der Waals surface area (Å²) in [5.41, 5.74) is 1.99. The molecule has 0 heterocycles. The maximum absolute atomic E-state index is 13.7. The van der Waals surface area contributed by atoms with Gasteiger partial charge < -0.3 is 5.32 Å². The molecule has 2 aromatic rings. The Kier molecular flexibility index (Phi) is 5.67. The van der Waals surface area contributed by atoms with Gasteiger partial charge >= 0.3 is 0 Å². The van der Waals surface area contributed by atoms with Crippen LogP contribution in [0.25, 0.3) is 0 Å². The van der Waals surface area contributed by atoms with Gasteiger partial charge in [0.2, 0.25) is 0 Å². The van der Waals surface area contributed by atoms with Gasteiger partial charge in [-0.2, -0.15) is 0 Å². The van der Waals surface area contributed by atoms with Crippen LogP contribution >= 0.6 is 11.6 Å². The van der Waals surface area contributed by atoms with Crippen LogP contribution in [0, 0.1) is 5.82 Å². The van der Waals surface area contributed by atoms with Crippen LogP contribution in [0.15, 0.2) is 48.5 Å². The van der Waals surface area contributed by atoms with E-state index in [0.717, 1.165) is 11.6 Å². The van der Waals surface area contributed by atoms with Crippen molar-refractivity contribution in [3.8, 4) is 0 Å². The third-order valence-corrected chi connectivity index (χ3v) is 3.42. The standard InChI is InChI=1S/C16H14ClFN2O3/c17-11-6-7-13(18)12(9-11)15(21)19-14(16(22)20-23)8-10-4-2-1-3-5-10/h1-7,9,14,23H,8H2,(H,19,21)(H,20,22)/t14-/m0/s1. The van der Waals surface area contributed by atoms with Gasteiger partial charge in [0.1, 0.15) is 11.9 Å². The highest BCUT2D eigenvalue weighted by atomic mass is 35.5. The molecule has 2 amide bonds. The van der Waals surface area contributed by atoms with Crippen molar-refractivity contribution in [2.45, 2.75) is 12.5 Å². The maximum Gasteiger partial charge on any atom is 0.266 e. The zero-order valence-corrected chi connectivity index (χ0v) is 12.7. The topological polar surface area (TPSA) is 78.4 Å². The molecule has 0 unspecified atom stereocenters. The van der Waals surface area contributed by atoms with Crippen molar-refractivity contribution in [2.24, 2.45) is 0 Å². The van der Waals surface area contributed by atoms with Gasteiger partial charge in [-0.25, -0.2) is 9.87 Å². The fraction of sp³-hybridized carbons (Fsp3) is 0.125.